The number of amides is 1. The standard InChI is InChI=1S/C22H25FN4O2S/c1-4-16-6-12-19(13-7-16)29-15(3)21-25-26-22(27(21)5-2)30-14-20(28)24-18-10-8-17(23)9-11-18/h6-13,15H,4-5,14H2,1-3H3,(H,24,28)/t15-/m1/s1. The Hall–Kier alpha value is -2.87. The summed E-state index contributed by atoms with van der Waals surface area (Å²) in [6.45, 7) is 6.70. The van der Waals surface area contributed by atoms with Crippen molar-refractivity contribution in [1.29, 1.82) is 0 Å². The van der Waals surface area contributed by atoms with Crippen molar-refractivity contribution < 1.29 is 13.9 Å². The maximum absolute atomic E-state index is 13.0. The van der Waals surface area contributed by atoms with Crippen LogP contribution in [0.5, 0.6) is 5.75 Å². The number of carbonyl (C=O) groups is 1. The summed E-state index contributed by atoms with van der Waals surface area (Å²) in [5, 5.41) is 11.9. The number of carbonyl (C=O) groups excluding carboxylic acids is 1. The van der Waals surface area contributed by atoms with Gasteiger partial charge in [0.1, 0.15) is 11.6 Å². The number of aromatic nitrogens is 3. The summed E-state index contributed by atoms with van der Waals surface area (Å²) < 4.78 is 20.9. The maximum atomic E-state index is 13.0. The Kier molecular flexibility index (Phi) is 7.46. The van der Waals surface area contributed by atoms with Gasteiger partial charge in [-0.15, -0.1) is 10.2 Å². The SMILES string of the molecule is CCc1ccc(O[C@H](C)c2nnc(SCC(=O)Nc3ccc(F)cc3)n2CC)cc1. The van der Waals surface area contributed by atoms with Crippen LogP contribution in [0.25, 0.3) is 0 Å². The second-order valence-corrected chi connectivity index (χ2v) is 7.63. The van der Waals surface area contributed by atoms with E-state index in [1.807, 2.05) is 42.7 Å². The minimum Gasteiger partial charge on any atom is -0.483 e. The lowest BCUT2D eigenvalue weighted by Gasteiger charge is -2.16. The molecule has 1 amide bonds. The third-order valence-electron chi connectivity index (χ3n) is 4.53. The van der Waals surface area contributed by atoms with Crippen LogP contribution in [0.3, 0.4) is 0 Å². The van der Waals surface area contributed by atoms with Crippen LogP contribution in [0, 0.1) is 5.82 Å². The topological polar surface area (TPSA) is 69.0 Å². The Morgan fingerprint density at radius 3 is 2.47 bits per heavy atom. The first-order valence-corrected chi connectivity index (χ1v) is 10.9. The highest BCUT2D eigenvalue weighted by molar-refractivity contribution is 7.99. The van der Waals surface area contributed by atoms with Gasteiger partial charge in [0.15, 0.2) is 17.1 Å². The second-order valence-electron chi connectivity index (χ2n) is 6.69. The fraction of sp³-hybridized carbons (Fsp3) is 0.318. The Morgan fingerprint density at radius 2 is 1.83 bits per heavy atom. The lowest BCUT2D eigenvalue weighted by Crippen LogP contribution is -2.15. The van der Waals surface area contributed by atoms with E-state index < -0.39 is 0 Å². The van der Waals surface area contributed by atoms with Gasteiger partial charge in [0, 0.05) is 12.2 Å². The van der Waals surface area contributed by atoms with E-state index in [4.69, 9.17) is 4.74 Å². The van der Waals surface area contributed by atoms with E-state index in [2.05, 4.69) is 22.4 Å². The number of thioether (sulfide) groups is 1. The molecule has 0 radical (unpaired) electrons. The lowest BCUT2D eigenvalue weighted by molar-refractivity contribution is -0.113. The molecule has 8 heteroatoms. The van der Waals surface area contributed by atoms with Crippen molar-refractivity contribution in [2.45, 2.75) is 45.0 Å². The van der Waals surface area contributed by atoms with E-state index in [0.29, 0.717) is 23.2 Å². The summed E-state index contributed by atoms with van der Waals surface area (Å²) in [6, 6.07) is 13.7. The zero-order chi connectivity index (χ0) is 21.5. The molecule has 3 aromatic rings. The molecule has 0 aliphatic rings. The summed E-state index contributed by atoms with van der Waals surface area (Å²) in [5.74, 6) is 1.11. The molecule has 30 heavy (non-hydrogen) atoms. The van der Waals surface area contributed by atoms with Gasteiger partial charge in [-0.1, -0.05) is 30.8 Å². The van der Waals surface area contributed by atoms with Crippen molar-refractivity contribution in [1.82, 2.24) is 14.8 Å². The maximum Gasteiger partial charge on any atom is 0.234 e. The van der Waals surface area contributed by atoms with Crippen molar-refractivity contribution in [3.8, 4) is 5.75 Å². The van der Waals surface area contributed by atoms with Crippen LogP contribution in [0.1, 0.15) is 38.3 Å². The highest BCUT2D eigenvalue weighted by Crippen LogP contribution is 2.25. The Labute approximate surface area is 179 Å². The molecule has 1 aromatic heterocycles. The molecule has 0 saturated carbocycles. The first-order valence-electron chi connectivity index (χ1n) is 9.87. The predicted molar refractivity (Wildman–Crippen MR) is 116 cm³/mol. The lowest BCUT2D eigenvalue weighted by atomic mass is 10.2. The summed E-state index contributed by atoms with van der Waals surface area (Å²) in [5.41, 5.74) is 1.81. The highest BCUT2D eigenvalue weighted by atomic mass is 32.2. The number of aryl methyl sites for hydroxylation is 1. The number of anilines is 1. The molecule has 0 saturated heterocycles. The van der Waals surface area contributed by atoms with Gasteiger partial charge in [0.2, 0.25) is 5.91 Å². The number of hydrogen-bond donors (Lipinski definition) is 1. The second kappa shape index (κ2) is 10.2. The Morgan fingerprint density at radius 1 is 1.13 bits per heavy atom. The number of rotatable bonds is 9. The van der Waals surface area contributed by atoms with Gasteiger partial charge in [-0.25, -0.2) is 4.39 Å². The monoisotopic (exact) mass is 428 g/mol. The van der Waals surface area contributed by atoms with Crippen molar-refractivity contribution in [3.63, 3.8) is 0 Å². The van der Waals surface area contributed by atoms with Crippen LogP contribution in [0.4, 0.5) is 10.1 Å². The molecule has 0 bridgehead atoms. The average molecular weight is 429 g/mol. The number of benzene rings is 2. The van der Waals surface area contributed by atoms with Crippen LogP contribution in [-0.4, -0.2) is 26.4 Å². The van der Waals surface area contributed by atoms with Crippen LogP contribution in [-0.2, 0) is 17.8 Å². The van der Waals surface area contributed by atoms with Crippen LogP contribution < -0.4 is 10.1 Å². The number of hydrogen-bond acceptors (Lipinski definition) is 5. The van der Waals surface area contributed by atoms with Gasteiger partial charge in [-0.3, -0.25) is 4.79 Å². The van der Waals surface area contributed by atoms with Gasteiger partial charge in [0.05, 0.1) is 5.75 Å². The third kappa shape index (κ3) is 5.60. The largest absolute Gasteiger partial charge is 0.483 e. The molecular weight excluding hydrogens is 403 g/mol. The Bertz CT molecular complexity index is 974. The normalized spacial score (nSPS) is 11.9. The molecule has 0 unspecified atom stereocenters. The summed E-state index contributed by atoms with van der Waals surface area (Å²) in [4.78, 5) is 12.2. The molecule has 0 aliphatic carbocycles. The van der Waals surface area contributed by atoms with Crippen molar-refractivity contribution in [2.24, 2.45) is 0 Å². The molecule has 0 fully saturated rings. The molecule has 2 aromatic carbocycles. The van der Waals surface area contributed by atoms with E-state index >= 15 is 0 Å². The van der Waals surface area contributed by atoms with E-state index in [1.165, 1.54) is 41.6 Å². The summed E-state index contributed by atoms with van der Waals surface area (Å²) in [7, 11) is 0. The van der Waals surface area contributed by atoms with E-state index in [9.17, 15) is 9.18 Å². The smallest absolute Gasteiger partial charge is 0.234 e. The number of nitrogens with zero attached hydrogens (tertiary/aromatic N) is 3. The van der Waals surface area contributed by atoms with Crippen molar-refractivity contribution in [3.05, 3.63) is 65.7 Å². The highest BCUT2D eigenvalue weighted by Gasteiger charge is 2.19. The van der Waals surface area contributed by atoms with E-state index in [0.717, 1.165) is 12.2 Å². The summed E-state index contributed by atoms with van der Waals surface area (Å²) in [6.07, 6.45) is 0.697. The minimum absolute atomic E-state index is 0.170. The minimum atomic E-state index is -0.344. The molecule has 1 heterocycles. The Balaban J connectivity index is 1.61. The quantitative estimate of drug-likeness (QED) is 0.493. The van der Waals surface area contributed by atoms with Gasteiger partial charge < -0.3 is 14.6 Å². The average Bonchev–Trinajstić information content (AvgIpc) is 3.17. The first kappa shape index (κ1) is 21.8. The molecule has 0 aliphatic heterocycles. The fourth-order valence-corrected chi connectivity index (χ4v) is 3.74. The third-order valence-corrected chi connectivity index (χ3v) is 5.50. The first-order chi connectivity index (χ1) is 14.5. The molecule has 3 rings (SSSR count). The molecule has 6 nitrogen and oxygen atoms in total. The predicted octanol–water partition coefficient (Wildman–Crippen LogP) is 4.87. The molecule has 1 atom stereocenters. The zero-order valence-electron chi connectivity index (χ0n) is 17.3. The van der Waals surface area contributed by atoms with Gasteiger partial charge >= 0.3 is 0 Å². The van der Waals surface area contributed by atoms with Crippen LogP contribution in [0.15, 0.2) is 53.7 Å². The van der Waals surface area contributed by atoms with E-state index in [1.54, 1.807) is 0 Å². The molecule has 158 valence electrons. The van der Waals surface area contributed by atoms with E-state index in [-0.39, 0.29) is 23.6 Å². The van der Waals surface area contributed by atoms with Gasteiger partial charge in [0.25, 0.3) is 0 Å². The van der Waals surface area contributed by atoms with Gasteiger partial charge in [-0.05, 0) is 62.2 Å². The summed E-state index contributed by atoms with van der Waals surface area (Å²) >= 11 is 1.30. The molecule has 1 N–H and O–H groups in total. The molecular formula is C22H25FN4O2S. The zero-order valence-corrected chi connectivity index (χ0v) is 18.1. The fourth-order valence-electron chi connectivity index (χ4n) is 2.93. The van der Waals surface area contributed by atoms with Crippen LogP contribution in [0.2, 0.25) is 0 Å². The number of ether oxygens (including phenoxy) is 1. The molecule has 0 spiro atoms. The van der Waals surface area contributed by atoms with Crippen LogP contribution >= 0.6 is 11.8 Å². The van der Waals surface area contributed by atoms with Gasteiger partial charge in [-0.2, -0.15) is 0 Å². The number of halogens is 1. The van der Waals surface area contributed by atoms with Crippen molar-refractivity contribution in [2.75, 3.05) is 11.1 Å². The number of nitrogens with one attached hydrogen (secondary N) is 1. The van der Waals surface area contributed by atoms with Crippen molar-refractivity contribution >= 4 is 23.4 Å².